The molecular weight excluding hydrogens is 284 g/mol. The summed E-state index contributed by atoms with van der Waals surface area (Å²) in [5.74, 6) is 0.0908. The lowest BCUT2D eigenvalue weighted by Crippen LogP contribution is -2.15. The van der Waals surface area contributed by atoms with Gasteiger partial charge in [0.05, 0.1) is 11.0 Å². The molecule has 4 nitrogen and oxygen atoms in total. The van der Waals surface area contributed by atoms with Crippen LogP contribution in [0.2, 0.25) is 0 Å². The zero-order valence-electron chi connectivity index (χ0n) is 12.3. The number of sulfone groups is 1. The maximum Gasteiger partial charge on any atom is 0.156 e. The van der Waals surface area contributed by atoms with E-state index in [1.165, 1.54) is 0 Å². The monoisotopic (exact) mass is 304 g/mol. The molecule has 5 heteroatoms. The predicted molar refractivity (Wildman–Crippen MR) is 85.8 cm³/mol. The van der Waals surface area contributed by atoms with Gasteiger partial charge in [0.1, 0.15) is 0 Å². The second-order valence-corrected chi connectivity index (χ2v) is 7.82. The highest BCUT2D eigenvalue weighted by atomic mass is 32.2. The molecule has 112 valence electrons. The molecule has 1 aromatic heterocycles. The van der Waals surface area contributed by atoms with E-state index in [-0.39, 0.29) is 11.0 Å². The topological polar surface area (TPSA) is 59.1 Å². The number of rotatable bonds is 6. The molecule has 0 bridgehead atoms. The number of nitrogens with zero attached hydrogens (tertiary/aromatic N) is 1. The second kappa shape index (κ2) is 6.72. The van der Waals surface area contributed by atoms with E-state index in [1.807, 2.05) is 42.6 Å². The number of pyridine rings is 1. The Labute approximate surface area is 126 Å². The molecule has 0 amide bonds. The minimum Gasteiger partial charge on any atom is -0.381 e. The van der Waals surface area contributed by atoms with Crippen molar-refractivity contribution < 1.29 is 8.42 Å². The Morgan fingerprint density at radius 3 is 2.38 bits per heavy atom. The molecule has 0 aliphatic heterocycles. The average molecular weight is 304 g/mol. The van der Waals surface area contributed by atoms with Crippen molar-refractivity contribution in [3.05, 3.63) is 59.9 Å². The van der Waals surface area contributed by atoms with E-state index in [4.69, 9.17) is 0 Å². The van der Waals surface area contributed by atoms with Gasteiger partial charge in [0.2, 0.25) is 0 Å². The second-order valence-electron chi connectivity index (χ2n) is 5.27. The Morgan fingerprint density at radius 2 is 1.81 bits per heavy atom. The van der Waals surface area contributed by atoms with E-state index in [1.54, 1.807) is 20.0 Å². The molecule has 2 aromatic rings. The van der Waals surface area contributed by atoms with Crippen LogP contribution in [0.25, 0.3) is 0 Å². The molecule has 0 unspecified atom stereocenters. The fraction of sp³-hybridized carbons (Fsp3) is 0.312. The molecule has 2 rings (SSSR count). The van der Waals surface area contributed by atoms with Crippen LogP contribution in [0.5, 0.6) is 0 Å². The zero-order valence-corrected chi connectivity index (χ0v) is 13.1. The Balaban J connectivity index is 1.96. The van der Waals surface area contributed by atoms with E-state index in [2.05, 4.69) is 10.3 Å². The Bertz CT molecular complexity index is 665. The van der Waals surface area contributed by atoms with Crippen molar-refractivity contribution in [2.45, 2.75) is 31.4 Å². The smallest absolute Gasteiger partial charge is 0.156 e. The first kappa shape index (κ1) is 15.5. The standard InChI is InChI=1S/C16H20N2O2S/c1-13(2)21(19,20)12-14-5-7-16(8-6-14)18-11-15-4-3-9-17-10-15/h3-10,13,18H,11-12H2,1-2H3. The Kier molecular flexibility index (Phi) is 4.96. The number of benzene rings is 1. The first-order valence-corrected chi connectivity index (χ1v) is 8.62. The normalized spacial score (nSPS) is 11.6. The van der Waals surface area contributed by atoms with Crippen molar-refractivity contribution in [1.82, 2.24) is 4.98 Å². The lowest BCUT2D eigenvalue weighted by Gasteiger charge is -2.09. The molecule has 0 aliphatic carbocycles. The van der Waals surface area contributed by atoms with E-state index in [0.717, 1.165) is 16.8 Å². The van der Waals surface area contributed by atoms with Gasteiger partial charge in [0.15, 0.2) is 9.84 Å². The molecule has 0 spiro atoms. The molecule has 0 saturated heterocycles. The van der Waals surface area contributed by atoms with Gasteiger partial charge in [-0.25, -0.2) is 8.42 Å². The highest BCUT2D eigenvalue weighted by Crippen LogP contribution is 2.15. The van der Waals surface area contributed by atoms with Crippen molar-refractivity contribution in [2.24, 2.45) is 0 Å². The van der Waals surface area contributed by atoms with E-state index in [9.17, 15) is 8.42 Å². The van der Waals surface area contributed by atoms with E-state index >= 15 is 0 Å². The van der Waals surface area contributed by atoms with Gasteiger partial charge in [-0.15, -0.1) is 0 Å². The molecular formula is C16H20N2O2S. The minimum atomic E-state index is -3.05. The minimum absolute atomic E-state index is 0.0908. The molecule has 21 heavy (non-hydrogen) atoms. The van der Waals surface area contributed by atoms with Crippen LogP contribution in [-0.4, -0.2) is 18.7 Å². The van der Waals surface area contributed by atoms with Crippen LogP contribution in [0.3, 0.4) is 0 Å². The van der Waals surface area contributed by atoms with Gasteiger partial charge in [0, 0.05) is 24.6 Å². The highest BCUT2D eigenvalue weighted by Gasteiger charge is 2.16. The summed E-state index contributed by atoms with van der Waals surface area (Å²) in [6.07, 6.45) is 3.56. The maximum absolute atomic E-state index is 11.9. The number of aromatic nitrogens is 1. The summed E-state index contributed by atoms with van der Waals surface area (Å²) in [5, 5.41) is 2.94. The first-order valence-electron chi connectivity index (χ1n) is 6.90. The summed E-state index contributed by atoms with van der Waals surface area (Å²) >= 11 is 0. The van der Waals surface area contributed by atoms with Gasteiger partial charge < -0.3 is 5.32 Å². The van der Waals surface area contributed by atoms with Crippen LogP contribution in [0, 0.1) is 0 Å². The van der Waals surface area contributed by atoms with Crippen LogP contribution in [-0.2, 0) is 22.1 Å². The highest BCUT2D eigenvalue weighted by molar-refractivity contribution is 7.91. The first-order chi connectivity index (χ1) is 9.97. The largest absolute Gasteiger partial charge is 0.381 e. The van der Waals surface area contributed by atoms with Crippen LogP contribution in [0.1, 0.15) is 25.0 Å². The van der Waals surface area contributed by atoms with Crippen LogP contribution < -0.4 is 5.32 Å². The molecule has 0 fully saturated rings. The van der Waals surface area contributed by atoms with Crippen molar-refractivity contribution in [3.8, 4) is 0 Å². The van der Waals surface area contributed by atoms with Gasteiger partial charge >= 0.3 is 0 Å². The van der Waals surface area contributed by atoms with Crippen molar-refractivity contribution in [3.63, 3.8) is 0 Å². The van der Waals surface area contributed by atoms with Gasteiger partial charge in [0.25, 0.3) is 0 Å². The third-order valence-corrected chi connectivity index (χ3v) is 5.43. The van der Waals surface area contributed by atoms with Gasteiger partial charge in [-0.1, -0.05) is 18.2 Å². The number of anilines is 1. The van der Waals surface area contributed by atoms with Gasteiger partial charge in [-0.05, 0) is 43.2 Å². The van der Waals surface area contributed by atoms with Crippen LogP contribution >= 0.6 is 0 Å². The molecule has 0 radical (unpaired) electrons. The molecule has 1 N–H and O–H groups in total. The summed E-state index contributed by atoms with van der Waals surface area (Å²) in [7, 11) is -3.05. The summed E-state index contributed by atoms with van der Waals surface area (Å²) in [6, 6.07) is 11.4. The third-order valence-electron chi connectivity index (χ3n) is 3.26. The van der Waals surface area contributed by atoms with E-state index in [0.29, 0.717) is 6.54 Å². The SMILES string of the molecule is CC(C)S(=O)(=O)Cc1ccc(NCc2cccnc2)cc1. The number of hydrogen-bond donors (Lipinski definition) is 1. The van der Waals surface area contributed by atoms with Gasteiger partial charge in [-0.2, -0.15) is 0 Å². The van der Waals surface area contributed by atoms with Crippen LogP contribution in [0.4, 0.5) is 5.69 Å². The lowest BCUT2D eigenvalue weighted by atomic mass is 10.2. The third kappa shape index (κ3) is 4.56. The van der Waals surface area contributed by atoms with Crippen LogP contribution in [0.15, 0.2) is 48.8 Å². The Morgan fingerprint density at radius 1 is 1.10 bits per heavy atom. The maximum atomic E-state index is 11.9. The lowest BCUT2D eigenvalue weighted by molar-refractivity contribution is 0.586. The van der Waals surface area contributed by atoms with Gasteiger partial charge in [-0.3, -0.25) is 4.98 Å². The fourth-order valence-corrected chi connectivity index (χ4v) is 2.82. The summed E-state index contributed by atoms with van der Waals surface area (Å²) in [4.78, 5) is 4.06. The summed E-state index contributed by atoms with van der Waals surface area (Å²) in [5.41, 5.74) is 2.88. The number of nitrogens with one attached hydrogen (secondary N) is 1. The molecule has 0 saturated carbocycles. The fourth-order valence-electron chi connectivity index (χ4n) is 1.82. The molecule has 0 aliphatic rings. The van der Waals surface area contributed by atoms with Crippen molar-refractivity contribution in [1.29, 1.82) is 0 Å². The van der Waals surface area contributed by atoms with Crippen molar-refractivity contribution in [2.75, 3.05) is 5.32 Å². The Hall–Kier alpha value is -1.88. The molecule has 1 heterocycles. The van der Waals surface area contributed by atoms with Crippen molar-refractivity contribution >= 4 is 15.5 Å². The number of hydrogen-bond acceptors (Lipinski definition) is 4. The van der Waals surface area contributed by atoms with E-state index < -0.39 is 9.84 Å². The molecule has 1 aromatic carbocycles. The summed E-state index contributed by atoms with van der Waals surface area (Å²) in [6.45, 7) is 4.11. The molecule has 0 atom stereocenters. The summed E-state index contributed by atoms with van der Waals surface area (Å²) < 4.78 is 23.7. The predicted octanol–water partition coefficient (Wildman–Crippen LogP) is 3.02. The quantitative estimate of drug-likeness (QED) is 0.891. The zero-order chi connectivity index (χ0) is 15.3. The average Bonchev–Trinajstić information content (AvgIpc) is 2.47.